The van der Waals surface area contributed by atoms with Gasteiger partial charge in [0, 0.05) is 19.1 Å². The molecule has 1 fully saturated rings. The first kappa shape index (κ1) is 19.0. The molecule has 1 heterocycles. The molecule has 0 aromatic heterocycles. The molecule has 1 amide bonds. The Morgan fingerprint density at radius 1 is 1.21 bits per heavy atom. The van der Waals surface area contributed by atoms with Gasteiger partial charge in [0.2, 0.25) is 5.91 Å². The van der Waals surface area contributed by atoms with E-state index in [4.69, 9.17) is 0 Å². The molecule has 1 aliphatic heterocycles. The van der Waals surface area contributed by atoms with Crippen molar-refractivity contribution < 1.29 is 4.79 Å². The number of benzene rings is 1. The van der Waals surface area contributed by atoms with Gasteiger partial charge in [-0.2, -0.15) is 0 Å². The number of hydrogen-bond donors (Lipinski definition) is 1. The van der Waals surface area contributed by atoms with Gasteiger partial charge < -0.3 is 5.32 Å². The molecular formula is C21H34N2O. The molecule has 0 saturated carbocycles. The van der Waals surface area contributed by atoms with Crippen LogP contribution in [0.25, 0.3) is 0 Å². The van der Waals surface area contributed by atoms with Crippen molar-refractivity contribution in [3.63, 3.8) is 0 Å². The van der Waals surface area contributed by atoms with Crippen molar-refractivity contribution in [2.45, 2.75) is 60.0 Å². The van der Waals surface area contributed by atoms with Crippen LogP contribution < -0.4 is 5.32 Å². The van der Waals surface area contributed by atoms with Crippen LogP contribution in [0.4, 0.5) is 0 Å². The van der Waals surface area contributed by atoms with Crippen molar-refractivity contribution in [2.75, 3.05) is 13.1 Å². The molecule has 0 radical (unpaired) electrons. The Kier molecular flexibility index (Phi) is 6.85. The maximum atomic E-state index is 12.7. The van der Waals surface area contributed by atoms with Crippen LogP contribution in [0.5, 0.6) is 0 Å². The van der Waals surface area contributed by atoms with Gasteiger partial charge in [-0.25, -0.2) is 0 Å². The minimum Gasteiger partial charge on any atom is -0.353 e. The minimum absolute atomic E-state index is 0.128. The summed E-state index contributed by atoms with van der Waals surface area (Å²) in [6.07, 6.45) is 2.12. The molecule has 0 bridgehead atoms. The molecule has 1 aromatic rings. The summed E-state index contributed by atoms with van der Waals surface area (Å²) in [6.45, 7) is 13.9. The summed E-state index contributed by atoms with van der Waals surface area (Å²) in [7, 11) is 0. The number of hydrogen-bond acceptors (Lipinski definition) is 2. The van der Waals surface area contributed by atoms with Gasteiger partial charge in [0.05, 0.1) is 5.92 Å². The van der Waals surface area contributed by atoms with Crippen molar-refractivity contribution in [2.24, 2.45) is 17.8 Å². The van der Waals surface area contributed by atoms with Crippen molar-refractivity contribution in [1.82, 2.24) is 10.2 Å². The predicted molar refractivity (Wildman–Crippen MR) is 101 cm³/mol. The van der Waals surface area contributed by atoms with E-state index in [1.807, 2.05) is 0 Å². The maximum absolute atomic E-state index is 12.7. The van der Waals surface area contributed by atoms with E-state index in [9.17, 15) is 4.79 Å². The van der Waals surface area contributed by atoms with Crippen LogP contribution in [0, 0.1) is 24.7 Å². The fourth-order valence-corrected chi connectivity index (χ4v) is 3.83. The first-order valence-corrected chi connectivity index (χ1v) is 9.45. The van der Waals surface area contributed by atoms with Crippen molar-refractivity contribution in [1.29, 1.82) is 0 Å². The standard InChI is InChI=1S/C21H34N2O/c1-15(2)20(16(3)4)22-21(24)19-11-8-12-23(14-19)13-18-10-7-6-9-17(18)5/h6-7,9-10,15-16,19-20H,8,11-14H2,1-5H3,(H,22,24). The van der Waals surface area contributed by atoms with E-state index in [0.29, 0.717) is 11.8 Å². The van der Waals surface area contributed by atoms with Crippen molar-refractivity contribution in [3.8, 4) is 0 Å². The Morgan fingerprint density at radius 2 is 1.88 bits per heavy atom. The first-order valence-electron chi connectivity index (χ1n) is 9.45. The lowest BCUT2D eigenvalue weighted by Gasteiger charge is -2.34. The van der Waals surface area contributed by atoms with E-state index in [-0.39, 0.29) is 17.9 Å². The lowest BCUT2D eigenvalue weighted by molar-refractivity contribution is -0.128. The summed E-state index contributed by atoms with van der Waals surface area (Å²) in [5, 5.41) is 3.32. The number of nitrogens with zero attached hydrogens (tertiary/aromatic N) is 1. The average Bonchev–Trinajstić information content (AvgIpc) is 2.54. The summed E-state index contributed by atoms with van der Waals surface area (Å²) in [5.74, 6) is 1.32. The molecule has 0 spiro atoms. The molecular weight excluding hydrogens is 296 g/mol. The highest BCUT2D eigenvalue weighted by Crippen LogP contribution is 2.21. The molecule has 1 N–H and O–H groups in total. The van der Waals surface area contributed by atoms with Crippen LogP contribution in [-0.2, 0) is 11.3 Å². The summed E-state index contributed by atoms with van der Waals surface area (Å²) in [4.78, 5) is 15.2. The lowest BCUT2D eigenvalue weighted by Crippen LogP contribution is -2.48. The second-order valence-electron chi connectivity index (χ2n) is 8.02. The number of amides is 1. The molecule has 1 unspecified atom stereocenters. The zero-order chi connectivity index (χ0) is 17.7. The summed E-state index contributed by atoms with van der Waals surface area (Å²) >= 11 is 0. The molecule has 1 saturated heterocycles. The Bertz CT molecular complexity index is 530. The van der Waals surface area contributed by atoms with E-state index < -0.39 is 0 Å². The van der Waals surface area contributed by atoms with Crippen molar-refractivity contribution >= 4 is 5.91 Å². The Labute approximate surface area is 147 Å². The first-order chi connectivity index (χ1) is 11.4. The van der Waals surface area contributed by atoms with E-state index in [1.54, 1.807) is 0 Å². The SMILES string of the molecule is Cc1ccccc1CN1CCCC(C(=O)NC(C(C)C)C(C)C)C1. The number of piperidine rings is 1. The number of rotatable bonds is 6. The molecule has 1 aromatic carbocycles. The van der Waals surface area contributed by atoms with Crippen LogP contribution in [0.3, 0.4) is 0 Å². The number of nitrogens with one attached hydrogen (secondary N) is 1. The maximum Gasteiger partial charge on any atom is 0.224 e. The van der Waals surface area contributed by atoms with Gasteiger partial charge in [-0.1, -0.05) is 52.0 Å². The number of likely N-dealkylation sites (tertiary alicyclic amines) is 1. The number of carbonyl (C=O) groups excluding carboxylic acids is 1. The third kappa shape index (κ3) is 5.07. The van der Waals surface area contributed by atoms with Gasteiger partial charge in [0.1, 0.15) is 0 Å². The highest BCUT2D eigenvalue weighted by atomic mass is 16.2. The summed E-state index contributed by atoms with van der Waals surface area (Å²) in [5.41, 5.74) is 2.71. The van der Waals surface area contributed by atoms with Gasteiger partial charge in [0.25, 0.3) is 0 Å². The van der Waals surface area contributed by atoms with Gasteiger partial charge in [-0.3, -0.25) is 9.69 Å². The second-order valence-corrected chi connectivity index (χ2v) is 8.02. The molecule has 1 atom stereocenters. The summed E-state index contributed by atoms with van der Waals surface area (Å²) < 4.78 is 0. The normalized spacial score (nSPS) is 19.2. The van der Waals surface area contributed by atoms with E-state index in [2.05, 4.69) is 69.1 Å². The molecule has 0 aliphatic carbocycles. The van der Waals surface area contributed by atoms with Gasteiger partial charge in [-0.15, -0.1) is 0 Å². The largest absolute Gasteiger partial charge is 0.353 e. The predicted octanol–water partition coefficient (Wildman–Crippen LogP) is 4.00. The zero-order valence-corrected chi connectivity index (χ0v) is 16.0. The van der Waals surface area contributed by atoms with Crippen LogP contribution in [-0.4, -0.2) is 29.9 Å². The van der Waals surface area contributed by atoms with Gasteiger partial charge >= 0.3 is 0 Å². The quantitative estimate of drug-likeness (QED) is 0.855. The summed E-state index contributed by atoms with van der Waals surface area (Å²) in [6, 6.07) is 8.82. The zero-order valence-electron chi connectivity index (χ0n) is 16.0. The molecule has 3 heteroatoms. The van der Waals surface area contributed by atoms with Gasteiger partial charge in [-0.05, 0) is 49.3 Å². The smallest absolute Gasteiger partial charge is 0.224 e. The molecule has 3 nitrogen and oxygen atoms in total. The van der Waals surface area contributed by atoms with Crippen LogP contribution in [0.15, 0.2) is 24.3 Å². The van der Waals surface area contributed by atoms with E-state index in [0.717, 1.165) is 32.5 Å². The van der Waals surface area contributed by atoms with Crippen LogP contribution in [0.1, 0.15) is 51.7 Å². The second kappa shape index (κ2) is 8.66. The van der Waals surface area contributed by atoms with E-state index in [1.165, 1.54) is 11.1 Å². The third-order valence-electron chi connectivity index (χ3n) is 5.28. The molecule has 1 aliphatic rings. The van der Waals surface area contributed by atoms with Gasteiger partial charge in [0.15, 0.2) is 0 Å². The van der Waals surface area contributed by atoms with E-state index >= 15 is 0 Å². The Morgan fingerprint density at radius 3 is 2.50 bits per heavy atom. The molecule has 134 valence electrons. The topological polar surface area (TPSA) is 32.3 Å². The van der Waals surface area contributed by atoms with Crippen molar-refractivity contribution in [3.05, 3.63) is 35.4 Å². The Balaban J connectivity index is 1.95. The minimum atomic E-state index is 0.128. The fraction of sp³-hybridized carbons (Fsp3) is 0.667. The Hall–Kier alpha value is -1.35. The molecule has 2 rings (SSSR count). The molecule has 24 heavy (non-hydrogen) atoms. The highest BCUT2D eigenvalue weighted by molar-refractivity contribution is 5.79. The fourth-order valence-electron chi connectivity index (χ4n) is 3.83. The third-order valence-corrected chi connectivity index (χ3v) is 5.28. The van der Waals surface area contributed by atoms with Crippen LogP contribution >= 0.6 is 0 Å². The highest BCUT2D eigenvalue weighted by Gasteiger charge is 2.29. The lowest BCUT2D eigenvalue weighted by atomic mass is 9.91. The monoisotopic (exact) mass is 330 g/mol. The number of carbonyl (C=O) groups is 1. The van der Waals surface area contributed by atoms with Crippen LogP contribution in [0.2, 0.25) is 0 Å². The average molecular weight is 331 g/mol. The number of aryl methyl sites for hydroxylation is 1.